The van der Waals surface area contributed by atoms with Gasteiger partial charge in [-0.3, -0.25) is 4.98 Å². The van der Waals surface area contributed by atoms with Crippen LogP contribution in [0.25, 0.3) is 0 Å². The Hall–Kier alpha value is -1.88. The molecule has 106 valence electrons. The van der Waals surface area contributed by atoms with Gasteiger partial charge in [-0.1, -0.05) is 30.3 Å². The van der Waals surface area contributed by atoms with Gasteiger partial charge in [-0.2, -0.15) is 13.2 Å². The van der Waals surface area contributed by atoms with Crippen molar-refractivity contribution in [3.8, 4) is 0 Å². The Labute approximate surface area is 114 Å². The average Bonchev–Trinajstić information content (AvgIpc) is 2.45. The minimum atomic E-state index is -4.39. The first kappa shape index (κ1) is 14.5. The lowest BCUT2D eigenvalue weighted by Gasteiger charge is -2.14. The molecule has 2 aromatic rings. The molecule has 0 fully saturated rings. The van der Waals surface area contributed by atoms with E-state index in [1.54, 1.807) is 24.3 Å². The van der Waals surface area contributed by atoms with Crippen LogP contribution in [0.2, 0.25) is 0 Å². The summed E-state index contributed by atoms with van der Waals surface area (Å²) in [6, 6.07) is 9.84. The molecule has 0 saturated carbocycles. The van der Waals surface area contributed by atoms with Crippen LogP contribution in [-0.2, 0) is 12.6 Å². The van der Waals surface area contributed by atoms with Crippen molar-refractivity contribution in [1.29, 1.82) is 0 Å². The standard InChI is InChI=1S/C15H14F3NO/c16-15(17,18)13-8-9-19-10-12(13)6-7-14(20)11-4-2-1-3-5-11/h1-5,8-10,14,20H,6-7H2. The highest BCUT2D eigenvalue weighted by Crippen LogP contribution is 2.32. The van der Waals surface area contributed by atoms with Crippen LogP contribution in [-0.4, -0.2) is 10.1 Å². The van der Waals surface area contributed by atoms with Gasteiger partial charge in [0.15, 0.2) is 0 Å². The third-order valence-corrected chi connectivity index (χ3v) is 3.08. The number of aromatic nitrogens is 1. The Morgan fingerprint density at radius 3 is 2.45 bits per heavy atom. The minimum absolute atomic E-state index is 0.106. The molecule has 0 aliphatic rings. The number of nitrogens with zero attached hydrogens (tertiary/aromatic N) is 1. The summed E-state index contributed by atoms with van der Waals surface area (Å²) in [6.07, 6.45) is -2.49. The normalized spacial score (nSPS) is 13.2. The third kappa shape index (κ3) is 3.57. The molecule has 1 atom stereocenters. The number of rotatable bonds is 4. The van der Waals surface area contributed by atoms with E-state index in [0.29, 0.717) is 5.56 Å². The van der Waals surface area contributed by atoms with Gasteiger partial charge in [0.05, 0.1) is 11.7 Å². The molecule has 0 amide bonds. The van der Waals surface area contributed by atoms with Crippen LogP contribution < -0.4 is 0 Å². The van der Waals surface area contributed by atoms with E-state index in [1.807, 2.05) is 6.07 Å². The maximum absolute atomic E-state index is 12.8. The van der Waals surface area contributed by atoms with Crippen molar-refractivity contribution < 1.29 is 18.3 Å². The molecular formula is C15H14F3NO. The highest BCUT2D eigenvalue weighted by Gasteiger charge is 2.33. The Morgan fingerprint density at radius 2 is 1.80 bits per heavy atom. The first-order chi connectivity index (χ1) is 9.48. The van der Waals surface area contributed by atoms with E-state index in [0.717, 1.165) is 12.3 Å². The molecule has 0 aliphatic carbocycles. The Morgan fingerprint density at radius 1 is 1.10 bits per heavy atom. The van der Waals surface area contributed by atoms with Crippen molar-refractivity contribution in [3.63, 3.8) is 0 Å². The van der Waals surface area contributed by atoms with Gasteiger partial charge in [0.1, 0.15) is 0 Å². The molecule has 0 spiro atoms. The highest BCUT2D eigenvalue weighted by atomic mass is 19.4. The molecule has 0 radical (unpaired) electrons. The molecule has 1 unspecified atom stereocenters. The largest absolute Gasteiger partial charge is 0.416 e. The van der Waals surface area contributed by atoms with Crippen molar-refractivity contribution in [1.82, 2.24) is 4.98 Å². The van der Waals surface area contributed by atoms with E-state index in [4.69, 9.17) is 0 Å². The molecule has 2 nitrogen and oxygen atoms in total. The second-order valence-electron chi connectivity index (χ2n) is 4.50. The molecule has 5 heteroatoms. The highest BCUT2D eigenvalue weighted by molar-refractivity contribution is 5.27. The van der Waals surface area contributed by atoms with E-state index in [-0.39, 0.29) is 18.4 Å². The molecule has 0 saturated heterocycles. The van der Waals surface area contributed by atoms with Gasteiger partial charge in [0, 0.05) is 12.4 Å². The molecule has 1 aromatic heterocycles. The van der Waals surface area contributed by atoms with Gasteiger partial charge in [-0.15, -0.1) is 0 Å². The smallest absolute Gasteiger partial charge is 0.388 e. The first-order valence-electron chi connectivity index (χ1n) is 6.21. The summed E-state index contributed by atoms with van der Waals surface area (Å²) >= 11 is 0. The van der Waals surface area contributed by atoms with Gasteiger partial charge >= 0.3 is 6.18 Å². The Balaban J connectivity index is 2.08. The average molecular weight is 281 g/mol. The predicted octanol–water partition coefficient (Wildman–Crippen LogP) is 3.77. The fourth-order valence-corrected chi connectivity index (χ4v) is 2.04. The summed E-state index contributed by atoms with van der Waals surface area (Å²) in [7, 11) is 0. The second kappa shape index (κ2) is 6.05. The Bertz CT molecular complexity index is 555. The number of hydrogen-bond acceptors (Lipinski definition) is 2. The zero-order chi connectivity index (χ0) is 14.6. The maximum atomic E-state index is 12.8. The first-order valence-corrected chi connectivity index (χ1v) is 6.21. The minimum Gasteiger partial charge on any atom is -0.388 e. The third-order valence-electron chi connectivity index (χ3n) is 3.08. The van der Waals surface area contributed by atoms with Gasteiger partial charge < -0.3 is 5.11 Å². The Kier molecular flexibility index (Phi) is 4.39. The van der Waals surface area contributed by atoms with Crippen LogP contribution in [0.3, 0.4) is 0 Å². The number of aryl methyl sites for hydroxylation is 1. The van der Waals surface area contributed by atoms with Crippen LogP contribution in [0.15, 0.2) is 48.8 Å². The van der Waals surface area contributed by atoms with E-state index < -0.39 is 17.8 Å². The van der Waals surface area contributed by atoms with Gasteiger partial charge in [-0.25, -0.2) is 0 Å². The topological polar surface area (TPSA) is 33.1 Å². The summed E-state index contributed by atoms with van der Waals surface area (Å²) in [6.45, 7) is 0. The van der Waals surface area contributed by atoms with E-state index in [2.05, 4.69) is 4.98 Å². The zero-order valence-electron chi connectivity index (χ0n) is 10.6. The number of hydrogen-bond donors (Lipinski definition) is 1. The van der Waals surface area contributed by atoms with Crippen LogP contribution in [0.5, 0.6) is 0 Å². The lowest BCUT2D eigenvalue weighted by atomic mass is 9.99. The van der Waals surface area contributed by atoms with Crippen LogP contribution in [0, 0.1) is 0 Å². The number of benzene rings is 1. The number of aliphatic hydroxyl groups is 1. The lowest BCUT2D eigenvalue weighted by Crippen LogP contribution is -2.10. The SMILES string of the molecule is OC(CCc1cnccc1C(F)(F)F)c1ccccc1. The van der Waals surface area contributed by atoms with Crippen molar-refractivity contribution in [2.45, 2.75) is 25.1 Å². The number of halogens is 3. The molecular weight excluding hydrogens is 267 g/mol. The van der Waals surface area contributed by atoms with Crippen molar-refractivity contribution in [3.05, 3.63) is 65.5 Å². The molecule has 1 aromatic carbocycles. The van der Waals surface area contributed by atoms with Crippen LogP contribution in [0.4, 0.5) is 13.2 Å². The summed E-state index contributed by atoms with van der Waals surface area (Å²) < 4.78 is 38.4. The zero-order valence-corrected chi connectivity index (χ0v) is 10.6. The molecule has 1 N–H and O–H groups in total. The quantitative estimate of drug-likeness (QED) is 0.925. The molecule has 2 rings (SSSR count). The number of pyridine rings is 1. The summed E-state index contributed by atoms with van der Waals surface area (Å²) in [4.78, 5) is 3.73. The fraction of sp³-hybridized carbons (Fsp3) is 0.267. The van der Waals surface area contributed by atoms with Crippen molar-refractivity contribution in [2.75, 3.05) is 0 Å². The van der Waals surface area contributed by atoms with E-state index >= 15 is 0 Å². The summed E-state index contributed by atoms with van der Waals surface area (Å²) in [5, 5.41) is 9.97. The molecule has 20 heavy (non-hydrogen) atoms. The molecule has 0 bridgehead atoms. The monoisotopic (exact) mass is 281 g/mol. The van der Waals surface area contributed by atoms with Crippen molar-refractivity contribution >= 4 is 0 Å². The van der Waals surface area contributed by atoms with Gasteiger partial charge in [-0.05, 0) is 30.0 Å². The molecule has 1 heterocycles. The van der Waals surface area contributed by atoms with Gasteiger partial charge in [0.2, 0.25) is 0 Å². The van der Waals surface area contributed by atoms with Crippen LogP contribution in [0.1, 0.15) is 29.2 Å². The number of aliphatic hydroxyl groups excluding tert-OH is 1. The predicted molar refractivity (Wildman–Crippen MR) is 69.0 cm³/mol. The van der Waals surface area contributed by atoms with Gasteiger partial charge in [0.25, 0.3) is 0 Å². The lowest BCUT2D eigenvalue weighted by molar-refractivity contribution is -0.138. The second-order valence-corrected chi connectivity index (χ2v) is 4.50. The number of alkyl halides is 3. The van der Waals surface area contributed by atoms with E-state index in [1.165, 1.54) is 6.20 Å². The van der Waals surface area contributed by atoms with Crippen LogP contribution >= 0.6 is 0 Å². The fourth-order valence-electron chi connectivity index (χ4n) is 2.04. The van der Waals surface area contributed by atoms with Crippen molar-refractivity contribution in [2.24, 2.45) is 0 Å². The van der Waals surface area contributed by atoms with E-state index in [9.17, 15) is 18.3 Å². The summed E-state index contributed by atoms with van der Waals surface area (Å²) in [5.74, 6) is 0. The molecule has 0 aliphatic heterocycles. The summed E-state index contributed by atoms with van der Waals surface area (Å²) in [5.41, 5.74) is 0.118. The maximum Gasteiger partial charge on any atom is 0.416 e.